The lowest BCUT2D eigenvalue weighted by atomic mass is 10.1. The van der Waals surface area contributed by atoms with Crippen molar-refractivity contribution in [1.29, 1.82) is 5.26 Å². The molecule has 1 aliphatic rings. The molecule has 1 fully saturated rings. The summed E-state index contributed by atoms with van der Waals surface area (Å²) in [5.41, 5.74) is 0.0542. The monoisotopic (exact) mass is 373 g/mol. The first-order valence-corrected chi connectivity index (χ1v) is 8.39. The molecule has 24 heavy (non-hydrogen) atoms. The third kappa shape index (κ3) is 5.05. The summed E-state index contributed by atoms with van der Waals surface area (Å²) in [6.45, 7) is 4.30. The summed E-state index contributed by atoms with van der Waals surface area (Å²) < 4.78 is 19.0. The molecule has 0 radical (unpaired) electrons. The van der Waals surface area contributed by atoms with Gasteiger partial charge in [-0.15, -0.1) is 0 Å². The van der Waals surface area contributed by atoms with Gasteiger partial charge in [0, 0.05) is 32.7 Å². The predicted molar refractivity (Wildman–Crippen MR) is 89.8 cm³/mol. The summed E-state index contributed by atoms with van der Waals surface area (Å²) in [7, 11) is 0. The highest BCUT2D eigenvalue weighted by Crippen LogP contribution is 2.25. The zero-order chi connectivity index (χ0) is 17.5. The third-order valence-corrected chi connectivity index (χ3v) is 4.41. The number of ether oxygens (including phenoxy) is 1. The maximum Gasteiger partial charge on any atom is 0.255 e. The van der Waals surface area contributed by atoms with Gasteiger partial charge in [0.05, 0.1) is 41.3 Å². The van der Waals surface area contributed by atoms with Crippen LogP contribution in [-0.2, 0) is 4.74 Å². The lowest BCUT2D eigenvalue weighted by Gasteiger charge is -2.30. The number of halogens is 3. The van der Waals surface area contributed by atoms with Gasteiger partial charge in [0.2, 0.25) is 0 Å². The van der Waals surface area contributed by atoms with E-state index in [1.54, 1.807) is 0 Å². The predicted octanol–water partition coefficient (Wildman–Crippen LogP) is 2.82. The van der Waals surface area contributed by atoms with Gasteiger partial charge < -0.3 is 9.64 Å². The van der Waals surface area contributed by atoms with E-state index in [2.05, 4.69) is 4.90 Å². The van der Waals surface area contributed by atoms with Gasteiger partial charge in [0.15, 0.2) is 0 Å². The summed E-state index contributed by atoms with van der Waals surface area (Å²) in [5.74, 6) is -1.10. The van der Waals surface area contributed by atoms with Crippen LogP contribution in [0.3, 0.4) is 0 Å². The molecule has 0 saturated carbocycles. The molecule has 1 amide bonds. The zero-order valence-electron chi connectivity index (χ0n) is 13.1. The molecule has 0 spiro atoms. The number of carbonyl (C=O) groups excluding carboxylic acids is 1. The van der Waals surface area contributed by atoms with Gasteiger partial charge in [0.25, 0.3) is 5.91 Å². The number of nitrogens with zero attached hydrogens (tertiary/aromatic N) is 3. The van der Waals surface area contributed by atoms with E-state index in [4.69, 9.17) is 33.2 Å². The van der Waals surface area contributed by atoms with Gasteiger partial charge in [-0.3, -0.25) is 9.69 Å². The van der Waals surface area contributed by atoms with Crippen molar-refractivity contribution in [2.45, 2.75) is 6.42 Å². The molecule has 0 unspecified atom stereocenters. The molecule has 1 saturated heterocycles. The second-order valence-corrected chi connectivity index (χ2v) is 6.21. The molecule has 0 aliphatic carbocycles. The summed E-state index contributed by atoms with van der Waals surface area (Å²) in [5, 5.41) is 8.77. The van der Waals surface area contributed by atoms with Crippen LogP contribution in [0.1, 0.15) is 16.8 Å². The van der Waals surface area contributed by atoms with Crippen molar-refractivity contribution in [3.05, 3.63) is 33.6 Å². The molecular formula is C16H18Cl2FN3O2. The quantitative estimate of drug-likeness (QED) is 0.719. The van der Waals surface area contributed by atoms with Gasteiger partial charge in [-0.2, -0.15) is 5.26 Å². The summed E-state index contributed by atoms with van der Waals surface area (Å²) in [6, 6.07) is 4.28. The highest BCUT2D eigenvalue weighted by atomic mass is 35.5. The molecule has 0 N–H and O–H groups in total. The maximum absolute atomic E-state index is 13.7. The first kappa shape index (κ1) is 18.9. The Bertz CT molecular complexity index is 630. The Morgan fingerprint density at radius 2 is 2.00 bits per heavy atom. The van der Waals surface area contributed by atoms with E-state index in [0.29, 0.717) is 26.3 Å². The number of hydrogen-bond acceptors (Lipinski definition) is 4. The first-order valence-electron chi connectivity index (χ1n) is 7.64. The molecule has 1 aromatic rings. The standard InChI is InChI=1S/C16H18Cl2FN3O2/c17-13-11-14(18)15(19)10-12(13)16(23)22(3-1-2-20)5-4-21-6-8-24-9-7-21/h10-11H,1,3-9H2. The second-order valence-electron chi connectivity index (χ2n) is 5.40. The maximum atomic E-state index is 13.7. The molecule has 0 bridgehead atoms. The van der Waals surface area contributed by atoms with Crippen molar-refractivity contribution in [2.24, 2.45) is 0 Å². The van der Waals surface area contributed by atoms with E-state index in [9.17, 15) is 9.18 Å². The Kier molecular flexibility index (Phi) is 7.25. The van der Waals surface area contributed by atoms with E-state index >= 15 is 0 Å². The average Bonchev–Trinajstić information content (AvgIpc) is 2.58. The number of morpholine rings is 1. The van der Waals surface area contributed by atoms with Gasteiger partial charge in [-0.25, -0.2) is 4.39 Å². The minimum Gasteiger partial charge on any atom is -0.379 e. The van der Waals surface area contributed by atoms with Crippen molar-refractivity contribution in [3.63, 3.8) is 0 Å². The smallest absolute Gasteiger partial charge is 0.255 e. The summed E-state index contributed by atoms with van der Waals surface area (Å²) in [4.78, 5) is 16.4. The van der Waals surface area contributed by atoms with Gasteiger partial charge >= 0.3 is 0 Å². The van der Waals surface area contributed by atoms with Crippen molar-refractivity contribution < 1.29 is 13.9 Å². The van der Waals surface area contributed by atoms with E-state index in [1.165, 1.54) is 11.0 Å². The molecule has 0 atom stereocenters. The number of amides is 1. The zero-order valence-corrected chi connectivity index (χ0v) is 14.6. The van der Waals surface area contributed by atoms with E-state index in [-0.39, 0.29) is 28.6 Å². The van der Waals surface area contributed by atoms with E-state index in [0.717, 1.165) is 19.2 Å². The van der Waals surface area contributed by atoms with E-state index in [1.807, 2.05) is 6.07 Å². The molecule has 2 rings (SSSR count). The Morgan fingerprint density at radius 1 is 1.29 bits per heavy atom. The van der Waals surface area contributed by atoms with Crippen LogP contribution in [0, 0.1) is 17.1 Å². The molecule has 0 aromatic heterocycles. The van der Waals surface area contributed by atoms with Crippen LogP contribution in [0.25, 0.3) is 0 Å². The molecule has 5 nitrogen and oxygen atoms in total. The van der Waals surface area contributed by atoms with Crippen LogP contribution in [0.4, 0.5) is 4.39 Å². The highest BCUT2D eigenvalue weighted by molar-refractivity contribution is 6.36. The number of rotatable bonds is 6. The van der Waals surface area contributed by atoms with E-state index < -0.39 is 11.7 Å². The normalized spacial score (nSPS) is 15.1. The number of benzene rings is 1. The van der Waals surface area contributed by atoms with Crippen LogP contribution in [0.15, 0.2) is 12.1 Å². The molecule has 130 valence electrons. The topological polar surface area (TPSA) is 56.6 Å². The largest absolute Gasteiger partial charge is 0.379 e. The van der Waals surface area contributed by atoms with Crippen molar-refractivity contribution >= 4 is 29.1 Å². The lowest BCUT2D eigenvalue weighted by Crippen LogP contribution is -2.43. The van der Waals surface area contributed by atoms with Gasteiger partial charge in [-0.05, 0) is 12.1 Å². The van der Waals surface area contributed by atoms with Crippen LogP contribution in [0.2, 0.25) is 10.0 Å². The second kappa shape index (κ2) is 9.19. The van der Waals surface area contributed by atoms with Crippen LogP contribution >= 0.6 is 23.2 Å². The van der Waals surface area contributed by atoms with Gasteiger partial charge in [-0.1, -0.05) is 23.2 Å². The number of nitriles is 1. The van der Waals surface area contributed by atoms with Gasteiger partial charge in [0.1, 0.15) is 5.82 Å². The SMILES string of the molecule is N#CCCN(CCN1CCOCC1)C(=O)c1cc(F)c(Cl)cc1Cl. The first-order chi connectivity index (χ1) is 11.5. The Hall–Kier alpha value is -1.39. The Balaban J connectivity index is 2.09. The fraction of sp³-hybridized carbons (Fsp3) is 0.500. The fourth-order valence-electron chi connectivity index (χ4n) is 2.44. The fourth-order valence-corrected chi connectivity index (χ4v) is 2.91. The van der Waals surface area contributed by atoms with Crippen molar-refractivity contribution in [2.75, 3.05) is 45.9 Å². The highest BCUT2D eigenvalue weighted by Gasteiger charge is 2.21. The van der Waals surface area contributed by atoms with Crippen molar-refractivity contribution in [3.8, 4) is 6.07 Å². The van der Waals surface area contributed by atoms with Crippen LogP contribution < -0.4 is 0 Å². The number of hydrogen-bond donors (Lipinski definition) is 0. The summed E-state index contributed by atoms with van der Waals surface area (Å²) >= 11 is 11.7. The Labute approximate surface area is 150 Å². The molecular weight excluding hydrogens is 356 g/mol. The van der Waals surface area contributed by atoms with Crippen LogP contribution in [-0.4, -0.2) is 61.6 Å². The van der Waals surface area contributed by atoms with Crippen molar-refractivity contribution in [1.82, 2.24) is 9.80 Å². The summed E-state index contributed by atoms with van der Waals surface area (Å²) in [6.07, 6.45) is 0.197. The molecule has 8 heteroatoms. The van der Waals surface area contributed by atoms with Crippen LogP contribution in [0.5, 0.6) is 0 Å². The average molecular weight is 374 g/mol. The molecule has 1 heterocycles. The molecule has 1 aliphatic heterocycles. The number of carbonyl (C=O) groups is 1. The third-order valence-electron chi connectivity index (χ3n) is 3.81. The minimum atomic E-state index is -0.696. The minimum absolute atomic E-state index is 0.0542. The molecule has 1 aromatic carbocycles. The Morgan fingerprint density at radius 3 is 2.67 bits per heavy atom. The lowest BCUT2D eigenvalue weighted by molar-refractivity contribution is 0.0326.